The van der Waals surface area contributed by atoms with Gasteiger partial charge < -0.3 is 15.2 Å². The third-order valence-electron chi connectivity index (χ3n) is 1.99. The SMILES string of the molecule is NC1=N[C@H](COc2ccc(Cl)cc2)CO1. The van der Waals surface area contributed by atoms with Crippen LogP contribution in [-0.2, 0) is 4.74 Å². The topological polar surface area (TPSA) is 56.8 Å². The summed E-state index contributed by atoms with van der Waals surface area (Å²) in [5.74, 6) is 0.764. The second-order valence-corrected chi connectivity index (χ2v) is 3.63. The minimum Gasteiger partial charge on any atom is -0.491 e. The van der Waals surface area contributed by atoms with Crippen LogP contribution >= 0.6 is 11.6 Å². The van der Waals surface area contributed by atoms with Gasteiger partial charge in [0.25, 0.3) is 6.02 Å². The van der Waals surface area contributed by atoms with Gasteiger partial charge in [0.2, 0.25) is 0 Å². The molecule has 0 saturated heterocycles. The smallest absolute Gasteiger partial charge is 0.282 e. The summed E-state index contributed by atoms with van der Waals surface area (Å²) in [5, 5.41) is 0.689. The summed E-state index contributed by atoms with van der Waals surface area (Å²) in [6.45, 7) is 0.946. The zero-order valence-electron chi connectivity index (χ0n) is 8.02. The number of amidine groups is 1. The molecule has 0 saturated carbocycles. The van der Waals surface area contributed by atoms with Crippen molar-refractivity contribution in [3.8, 4) is 5.75 Å². The molecule has 0 bridgehead atoms. The van der Waals surface area contributed by atoms with E-state index in [2.05, 4.69) is 4.99 Å². The van der Waals surface area contributed by atoms with Crippen LogP contribution in [0.5, 0.6) is 5.75 Å². The van der Waals surface area contributed by atoms with Crippen LogP contribution in [0.15, 0.2) is 29.3 Å². The van der Waals surface area contributed by atoms with Crippen LogP contribution in [0.2, 0.25) is 5.02 Å². The highest BCUT2D eigenvalue weighted by Crippen LogP contribution is 2.16. The molecule has 1 aromatic rings. The van der Waals surface area contributed by atoms with Crippen molar-refractivity contribution in [1.82, 2.24) is 0 Å². The number of benzene rings is 1. The molecular formula is C10H11ClN2O2. The lowest BCUT2D eigenvalue weighted by Crippen LogP contribution is -2.16. The van der Waals surface area contributed by atoms with E-state index in [1.807, 2.05) is 12.1 Å². The number of hydrogen-bond donors (Lipinski definition) is 1. The number of nitrogens with zero attached hydrogens (tertiary/aromatic N) is 1. The second-order valence-electron chi connectivity index (χ2n) is 3.20. The fraction of sp³-hybridized carbons (Fsp3) is 0.300. The summed E-state index contributed by atoms with van der Waals surface area (Å²) in [6, 6.07) is 7.40. The van der Waals surface area contributed by atoms with Crippen molar-refractivity contribution < 1.29 is 9.47 Å². The van der Waals surface area contributed by atoms with E-state index >= 15 is 0 Å². The van der Waals surface area contributed by atoms with Gasteiger partial charge in [-0.2, -0.15) is 0 Å². The van der Waals surface area contributed by atoms with Gasteiger partial charge in [0.05, 0.1) is 0 Å². The molecule has 0 amide bonds. The van der Waals surface area contributed by atoms with Gasteiger partial charge in [-0.15, -0.1) is 0 Å². The Labute approximate surface area is 92.7 Å². The Balaban J connectivity index is 1.86. The van der Waals surface area contributed by atoms with Crippen molar-refractivity contribution in [2.75, 3.05) is 13.2 Å². The van der Waals surface area contributed by atoms with E-state index in [1.54, 1.807) is 12.1 Å². The third kappa shape index (κ3) is 2.76. The van der Waals surface area contributed by atoms with Crippen LogP contribution in [0.3, 0.4) is 0 Å². The van der Waals surface area contributed by atoms with Crippen LogP contribution in [0, 0.1) is 0 Å². The van der Waals surface area contributed by atoms with Gasteiger partial charge in [-0.1, -0.05) is 11.6 Å². The molecule has 4 nitrogen and oxygen atoms in total. The summed E-state index contributed by atoms with van der Waals surface area (Å²) in [5.41, 5.74) is 5.37. The van der Waals surface area contributed by atoms with E-state index in [0.717, 1.165) is 5.75 Å². The Morgan fingerprint density at radius 2 is 2.20 bits per heavy atom. The van der Waals surface area contributed by atoms with E-state index in [4.69, 9.17) is 26.8 Å². The highest BCUT2D eigenvalue weighted by atomic mass is 35.5. The Morgan fingerprint density at radius 3 is 2.80 bits per heavy atom. The minimum atomic E-state index is -0.0133. The van der Waals surface area contributed by atoms with Gasteiger partial charge in [-0.05, 0) is 24.3 Å². The number of rotatable bonds is 3. The number of nitrogens with two attached hydrogens (primary N) is 1. The van der Waals surface area contributed by atoms with E-state index < -0.39 is 0 Å². The molecule has 1 aromatic carbocycles. The molecule has 80 valence electrons. The number of ether oxygens (including phenoxy) is 2. The predicted molar refractivity (Wildman–Crippen MR) is 58.3 cm³/mol. The maximum atomic E-state index is 5.74. The molecule has 5 heteroatoms. The highest BCUT2D eigenvalue weighted by Gasteiger charge is 2.16. The van der Waals surface area contributed by atoms with Gasteiger partial charge in [0, 0.05) is 5.02 Å². The Morgan fingerprint density at radius 1 is 1.47 bits per heavy atom. The molecule has 0 fully saturated rings. The quantitative estimate of drug-likeness (QED) is 0.849. The molecule has 15 heavy (non-hydrogen) atoms. The third-order valence-corrected chi connectivity index (χ3v) is 2.24. The number of hydrogen-bond acceptors (Lipinski definition) is 4. The van der Waals surface area contributed by atoms with Crippen molar-refractivity contribution in [1.29, 1.82) is 0 Å². The van der Waals surface area contributed by atoms with Gasteiger partial charge in [-0.3, -0.25) is 0 Å². The zero-order chi connectivity index (χ0) is 10.7. The molecule has 1 atom stereocenters. The first kappa shape index (κ1) is 10.1. The molecule has 0 spiro atoms. The molecule has 0 radical (unpaired) electrons. The van der Waals surface area contributed by atoms with Gasteiger partial charge >= 0.3 is 0 Å². The van der Waals surface area contributed by atoms with E-state index in [-0.39, 0.29) is 12.1 Å². The van der Waals surface area contributed by atoms with Gasteiger partial charge in [-0.25, -0.2) is 4.99 Å². The average Bonchev–Trinajstić information content (AvgIpc) is 2.64. The molecule has 1 aliphatic heterocycles. The highest BCUT2D eigenvalue weighted by molar-refractivity contribution is 6.30. The summed E-state index contributed by atoms with van der Waals surface area (Å²) < 4.78 is 10.5. The predicted octanol–water partition coefficient (Wildman–Crippen LogP) is 1.43. The van der Waals surface area contributed by atoms with E-state index in [9.17, 15) is 0 Å². The molecule has 1 aliphatic rings. The minimum absolute atomic E-state index is 0.0133. The van der Waals surface area contributed by atoms with Crippen molar-refractivity contribution in [2.45, 2.75) is 6.04 Å². The largest absolute Gasteiger partial charge is 0.491 e. The second kappa shape index (κ2) is 4.40. The van der Waals surface area contributed by atoms with Crippen molar-refractivity contribution in [3.05, 3.63) is 29.3 Å². The fourth-order valence-electron chi connectivity index (χ4n) is 1.24. The van der Waals surface area contributed by atoms with Crippen molar-refractivity contribution in [3.63, 3.8) is 0 Å². The maximum absolute atomic E-state index is 5.74. The van der Waals surface area contributed by atoms with Gasteiger partial charge in [0.15, 0.2) is 0 Å². The molecule has 1 heterocycles. The Hall–Kier alpha value is -1.42. The number of aliphatic imine (C=N–C) groups is 1. The first-order valence-corrected chi connectivity index (χ1v) is 4.96. The number of halogens is 1. The zero-order valence-corrected chi connectivity index (χ0v) is 8.78. The summed E-state index contributed by atoms with van der Waals surface area (Å²) in [6.07, 6.45) is 0. The van der Waals surface area contributed by atoms with Crippen LogP contribution in [0.25, 0.3) is 0 Å². The Kier molecular flexibility index (Phi) is 2.97. The van der Waals surface area contributed by atoms with E-state index in [0.29, 0.717) is 18.2 Å². The fourth-order valence-corrected chi connectivity index (χ4v) is 1.37. The molecule has 2 rings (SSSR count). The van der Waals surface area contributed by atoms with Crippen LogP contribution in [0.4, 0.5) is 0 Å². The van der Waals surface area contributed by atoms with Crippen LogP contribution in [-0.4, -0.2) is 25.3 Å². The first-order valence-electron chi connectivity index (χ1n) is 4.58. The van der Waals surface area contributed by atoms with E-state index in [1.165, 1.54) is 0 Å². The lowest BCUT2D eigenvalue weighted by atomic mass is 10.3. The normalized spacial score (nSPS) is 19.5. The van der Waals surface area contributed by atoms with Gasteiger partial charge in [0.1, 0.15) is 25.0 Å². The summed E-state index contributed by atoms with van der Waals surface area (Å²) in [4.78, 5) is 4.04. The Bertz CT molecular complexity index is 364. The molecule has 0 aliphatic carbocycles. The first-order chi connectivity index (χ1) is 7.24. The molecule has 2 N–H and O–H groups in total. The van der Waals surface area contributed by atoms with Crippen molar-refractivity contribution in [2.24, 2.45) is 10.7 Å². The maximum Gasteiger partial charge on any atom is 0.282 e. The van der Waals surface area contributed by atoms with Crippen LogP contribution < -0.4 is 10.5 Å². The lowest BCUT2D eigenvalue weighted by molar-refractivity contribution is 0.241. The molecule has 0 unspecified atom stereocenters. The van der Waals surface area contributed by atoms with Crippen molar-refractivity contribution >= 4 is 17.6 Å². The average molecular weight is 227 g/mol. The molecular weight excluding hydrogens is 216 g/mol. The van der Waals surface area contributed by atoms with Crippen LogP contribution in [0.1, 0.15) is 0 Å². The summed E-state index contributed by atoms with van der Waals surface area (Å²) in [7, 11) is 0. The monoisotopic (exact) mass is 226 g/mol. The lowest BCUT2D eigenvalue weighted by Gasteiger charge is -2.08. The standard InChI is InChI=1S/C10H11ClN2O2/c11-7-1-3-9(4-2-7)14-5-8-6-15-10(12)13-8/h1-4,8H,5-6H2,(H2,12,13)/t8-/m1/s1. The molecule has 0 aromatic heterocycles. The summed E-state index contributed by atoms with van der Waals surface area (Å²) >= 11 is 5.74.